The van der Waals surface area contributed by atoms with Crippen LogP contribution >= 0.6 is 0 Å². The Morgan fingerprint density at radius 3 is 2.95 bits per heavy atom. The molecule has 2 heteroatoms. The van der Waals surface area contributed by atoms with Crippen molar-refractivity contribution >= 4 is 5.91 Å². The van der Waals surface area contributed by atoms with E-state index in [1.54, 1.807) is 0 Å². The maximum absolute atomic E-state index is 12.2. The molecule has 1 aromatic rings. The van der Waals surface area contributed by atoms with Gasteiger partial charge < -0.3 is 5.32 Å². The summed E-state index contributed by atoms with van der Waals surface area (Å²) < 4.78 is 0. The van der Waals surface area contributed by atoms with Crippen molar-refractivity contribution in [3.8, 4) is 0 Å². The van der Waals surface area contributed by atoms with Crippen LogP contribution in [0, 0.1) is 5.92 Å². The fourth-order valence-electron chi connectivity index (χ4n) is 3.47. The van der Waals surface area contributed by atoms with Gasteiger partial charge >= 0.3 is 0 Å². The lowest BCUT2D eigenvalue weighted by molar-refractivity contribution is -0.125. The number of aryl methyl sites for hydroxylation is 1. The third kappa shape index (κ3) is 2.95. The van der Waals surface area contributed by atoms with E-state index in [0.717, 1.165) is 25.8 Å². The van der Waals surface area contributed by atoms with Crippen molar-refractivity contribution in [1.82, 2.24) is 5.32 Å². The minimum absolute atomic E-state index is 0.193. The van der Waals surface area contributed by atoms with Gasteiger partial charge in [-0.15, -0.1) is 0 Å². The van der Waals surface area contributed by atoms with Crippen LogP contribution in [-0.4, -0.2) is 12.5 Å². The number of rotatable bonds is 3. The summed E-state index contributed by atoms with van der Waals surface area (Å²) in [4.78, 5) is 12.2. The molecule has 2 nitrogen and oxygen atoms in total. The van der Waals surface area contributed by atoms with Crippen LogP contribution in [0.3, 0.4) is 0 Å². The highest BCUT2D eigenvalue weighted by molar-refractivity contribution is 5.79. The second-order valence-electron chi connectivity index (χ2n) is 6.01. The first-order valence-electron chi connectivity index (χ1n) is 7.85. The number of hydrogen-bond acceptors (Lipinski definition) is 1. The summed E-state index contributed by atoms with van der Waals surface area (Å²) >= 11 is 0. The summed E-state index contributed by atoms with van der Waals surface area (Å²) in [5, 5.41) is 3.19. The van der Waals surface area contributed by atoms with Crippen LogP contribution in [0.2, 0.25) is 0 Å². The molecule has 0 heterocycles. The van der Waals surface area contributed by atoms with Gasteiger partial charge in [0.15, 0.2) is 0 Å². The lowest BCUT2D eigenvalue weighted by Crippen LogP contribution is -2.35. The molecule has 1 N–H and O–H groups in total. The lowest BCUT2D eigenvalue weighted by atomic mass is 9.82. The van der Waals surface area contributed by atoms with Gasteiger partial charge in [0.05, 0.1) is 0 Å². The zero-order chi connectivity index (χ0) is 13.8. The van der Waals surface area contributed by atoms with Gasteiger partial charge in [-0.05, 0) is 49.7 Å². The lowest BCUT2D eigenvalue weighted by Gasteiger charge is -2.26. The zero-order valence-electron chi connectivity index (χ0n) is 12.0. The topological polar surface area (TPSA) is 29.1 Å². The van der Waals surface area contributed by atoms with Gasteiger partial charge in [0.1, 0.15) is 0 Å². The van der Waals surface area contributed by atoms with E-state index in [1.807, 2.05) is 0 Å². The first-order valence-corrected chi connectivity index (χ1v) is 7.85. The highest BCUT2D eigenvalue weighted by Crippen LogP contribution is 2.31. The molecule has 0 radical (unpaired) electrons. The monoisotopic (exact) mass is 269 g/mol. The average Bonchev–Trinajstić information content (AvgIpc) is 2.53. The van der Waals surface area contributed by atoms with E-state index in [0.29, 0.717) is 5.92 Å². The molecule has 2 aliphatic carbocycles. The molecular formula is C18H23NO. The van der Waals surface area contributed by atoms with E-state index in [2.05, 4.69) is 41.7 Å². The van der Waals surface area contributed by atoms with Crippen LogP contribution in [-0.2, 0) is 11.2 Å². The number of carbonyl (C=O) groups is 1. The molecule has 0 saturated heterocycles. The second kappa shape index (κ2) is 6.25. The van der Waals surface area contributed by atoms with Crippen molar-refractivity contribution < 1.29 is 4.79 Å². The van der Waals surface area contributed by atoms with Crippen molar-refractivity contribution in [3.63, 3.8) is 0 Å². The molecular weight excluding hydrogens is 246 g/mol. The molecule has 106 valence electrons. The molecule has 0 aliphatic heterocycles. The molecule has 2 aliphatic rings. The van der Waals surface area contributed by atoms with Crippen LogP contribution in [0.25, 0.3) is 0 Å². The average molecular weight is 269 g/mol. The summed E-state index contributed by atoms with van der Waals surface area (Å²) in [7, 11) is 0. The third-order valence-electron chi connectivity index (χ3n) is 4.66. The number of carbonyl (C=O) groups excluding carboxylic acids is 1. The molecule has 0 bridgehead atoms. The van der Waals surface area contributed by atoms with Crippen molar-refractivity contribution in [2.75, 3.05) is 6.54 Å². The number of hydrogen-bond donors (Lipinski definition) is 1. The van der Waals surface area contributed by atoms with E-state index >= 15 is 0 Å². The largest absolute Gasteiger partial charge is 0.355 e. The molecule has 1 amide bonds. The smallest absolute Gasteiger partial charge is 0.223 e. The van der Waals surface area contributed by atoms with E-state index in [1.165, 1.54) is 30.4 Å². The van der Waals surface area contributed by atoms with Crippen molar-refractivity contribution in [2.24, 2.45) is 5.92 Å². The first-order chi connectivity index (χ1) is 9.84. The van der Waals surface area contributed by atoms with E-state index in [4.69, 9.17) is 0 Å². The molecule has 20 heavy (non-hydrogen) atoms. The van der Waals surface area contributed by atoms with Crippen LogP contribution in [0.15, 0.2) is 36.4 Å². The third-order valence-corrected chi connectivity index (χ3v) is 4.66. The molecule has 1 aromatic carbocycles. The quantitative estimate of drug-likeness (QED) is 0.835. The van der Waals surface area contributed by atoms with E-state index in [9.17, 15) is 4.79 Å². The number of amides is 1. The van der Waals surface area contributed by atoms with Gasteiger partial charge in [0.2, 0.25) is 5.91 Å². The number of allylic oxidation sites excluding steroid dienone is 2. The molecule has 0 spiro atoms. The van der Waals surface area contributed by atoms with Gasteiger partial charge in [0.25, 0.3) is 0 Å². The Kier molecular flexibility index (Phi) is 4.19. The predicted octanol–water partition coefficient (Wildman–Crippen LogP) is 3.58. The SMILES string of the molecule is O=C(NC[C@@H]1CCCc2ccccc21)[C@@H]1CC=CCC1. The van der Waals surface area contributed by atoms with Crippen LogP contribution in [0.5, 0.6) is 0 Å². The van der Waals surface area contributed by atoms with E-state index < -0.39 is 0 Å². The number of fused-ring (bicyclic) bond motifs is 1. The Bertz CT molecular complexity index is 506. The Hall–Kier alpha value is -1.57. The van der Waals surface area contributed by atoms with Gasteiger partial charge in [0, 0.05) is 18.4 Å². The van der Waals surface area contributed by atoms with Crippen molar-refractivity contribution in [1.29, 1.82) is 0 Å². The van der Waals surface area contributed by atoms with E-state index in [-0.39, 0.29) is 11.8 Å². The normalized spacial score (nSPS) is 25.0. The Morgan fingerprint density at radius 1 is 1.20 bits per heavy atom. The summed E-state index contributed by atoms with van der Waals surface area (Å²) in [6.45, 7) is 0.802. The molecule has 2 atom stereocenters. The van der Waals surface area contributed by atoms with Gasteiger partial charge in [-0.1, -0.05) is 36.4 Å². The van der Waals surface area contributed by atoms with Gasteiger partial charge in [-0.25, -0.2) is 0 Å². The maximum atomic E-state index is 12.2. The van der Waals surface area contributed by atoms with Crippen LogP contribution in [0.1, 0.15) is 49.1 Å². The molecule has 0 saturated carbocycles. The van der Waals surface area contributed by atoms with Crippen molar-refractivity contribution in [3.05, 3.63) is 47.5 Å². The minimum atomic E-state index is 0.193. The molecule has 0 unspecified atom stereocenters. The summed E-state index contributed by atoms with van der Waals surface area (Å²) in [5.74, 6) is 0.944. The molecule has 0 fully saturated rings. The highest BCUT2D eigenvalue weighted by Gasteiger charge is 2.23. The fraction of sp³-hybridized carbons (Fsp3) is 0.500. The van der Waals surface area contributed by atoms with Crippen LogP contribution < -0.4 is 5.32 Å². The summed E-state index contributed by atoms with van der Waals surface area (Å²) in [6, 6.07) is 8.70. The minimum Gasteiger partial charge on any atom is -0.355 e. The number of benzene rings is 1. The van der Waals surface area contributed by atoms with Gasteiger partial charge in [-0.2, -0.15) is 0 Å². The first kappa shape index (κ1) is 13.4. The summed E-state index contributed by atoms with van der Waals surface area (Å²) in [5.41, 5.74) is 2.92. The molecule has 3 rings (SSSR count). The van der Waals surface area contributed by atoms with Crippen molar-refractivity contribution in [2.45, 2.75) is 44.4 Å². The predicted molar refractivity (Wildman–Crippen MR) is 81.6 cm³/mol. The molecule has 0 aromatic heterocycles. The Morgan fingerprint density at radius 2 is 2.10 bits per heavy atom. The maximum Gasteiger partial charge on any atom is 0.223 e. The summed E-state index contributed by atoms with van der Waals surface area (Å²) in [6.07, 6.45) is 10.9. The Balaban J connectivity index is 1.59. The number of nitrogens with one attached hydrogen (secondary N) is 1. The highest BCUT2D eigenvalue weighted by atomic mass is 16.1. The van der Waals surface area contributed by atoms with Gasteiger partial charge in [-0.3, -0.25) is 4.79 Å². The standard InChI is InChI=1S/C18H23NO/c20-18(15-8-2-1-3-9-15)19-13-16-11-6-10-14-7-4-5-12-17(14)16/h1-2,4-5,7,12,15-16H,3,6,8-11,13H2,(H,19,20)/t15-,16+/m1/s1. The van der Waals surface area contributed by atoms with Crippen LogP contribution in [0.4, 0.5) is 0 Å². The second-order valence-corrected chi connectivity index (χ2v) is 6.01. The Labute approximate surface area is 121 Å². The fourth-order valence-corrected chi connectivity index (χ4v) is 3.47. The zero-order valence-corrected chi connectivity index (χ0v) is 12.0.